The van der Waals surface area contributed by atoms with E-state index in [0.717, 1.165) is 24.8 Å². The number of rotatable bonds is 2. The molecule has 1 N–H and O–H groups in total. The van der Waals surface area contributed by atoms with Gasteiger partial charge in [-0.15, -0.1) is 0 Å². The van der Waals surface area contributed by atoms with E-state index in [1.54, 1.807) is 6.20 Å². The van der Waals surface area contributed by atoms with Gasteiger partial charge in [0.15, 0.2) is 0 Å². The van der Waals surface area contributed by atoms with Crippen molar-refractivity contribution in [1.82, 2.24) is 4.98 Å². The molecule has 0 atom stereocenters. The maximum absolute atomic E-state index is 9.12. The summed E-state index contributed by atoms with van der Waals surface area (Å²) in [5.41, 5.74) is 1.35. The molecule has 1 fully saturated rings. The standard InChI is InChI=1S/C11H12N2O/c12-8-11(3-1-4-11)9-2-5-13-10(6-9)7-14/h2,5-6,14H,1,3-4,7H2. The van der Waals surface area contributed by atoms with Gasteiger partial charge in [-0.3, -0.25) is 4.98 Å². The van der Waals surface area contributed by atoms with E-state index in [1.807, 2.05) is 12.1 Å². The van der Waals surface area contributed by atoms with Crippen molar-refractivity contribution in [1.29, 1.82) is 5.26 Å². The van der Waals surface area contributed by atoms with Crippen molar-refractivity contribution >= 4 is 0 Å². The summed E-state index contributed by atoms with van der Waals surface area (Å²) in [6.45, 7) is -0.0602. The quantitative estimate of drug-likeness (QED) is 0.765. The van der Waals surface area contributed by atoms with Crippen LogP contribution in [0.2, 0.25) is 0 Å². The predicted molar refractivity (Wildman–Crippen MR) is 51.3 cm³/mol. The first-order chi connectivity index (χ1) is 6.80. The fraction of sp³-hybridized carbons (Fsp3) is 0.455. The average Bonchev–Trinajstić information content (AvgIpc) is 2.18. The van der Waals surface area contributed by atoms with Crippen molar-refractivity contribution in [2.75, 3.05) is 0 Å². The van der Waals surface area contributed by atoms with Crippen LogP contribution in [0.15, 0.2) is 18.3 Å². The SMILES string of the molecule is N#CC1(c2ccnc(CO)c2)CCC1. The highest BCUT2D eigenvalue weighted by Gasteiger charge is 2.38. The van der Waals surface area contributed by atoms with Crippen LogP contribution in [0.1, 0.15) is 30.5 Å². The van der Waals surface area contributed by atoms with E-state index in [-0.39, 0.29) is 12.0 Å². The van der Waals surface area contributed by atoms with E-state index in [0.29, 0.717) is 5.69 Å². The molecule has 0 saturated heterocycles. The van der Waals surface area contributed by atoms with Crippen molar-refractivity contribution in [3.63, 3.8) is 0 Å². The lowest BCUT2D eigenvalue weighted by atomic mass is 9.66. The molecular formula is C11H12N2O. The molecule has 1 heterocycles. The van der Waals surface area contributed by atoms with Gasteiger partial charge in [-0.05, 0) is 37.0 Å². The van der Waals surface area contributed by atoms with E-state index >= 15 is 0 Å². The fourth-order valence-corrected chi connectivity index (χ4v) is 1.86. The average molecular weight is 188 g/mol. The molecule has 1 saturated carbocycles. The number of aliphatic hydroxyl groups is 1. The highest BCUT2D eigenvalue weighted by atomic mass is 16.3. The van der Waals surface area contributed by atoms with E-state index < -0.39 is 0 Å². The van der Waals surface area contributed by atoms with Crippen molar-refractivity contribution in [2.24, 2.45) is 0 Å². The predicted octanol–water partition coefficient (Wildman–Crippen LogP) is 1.52. The summed E-state index contributed by atoms with van der Waals surface area (Å²) in [6, 6.07) is 6.09. The molecule has 1 aliphatic carbocycles. The van der Waals surface area contributed by atoms with Gasteiger partial charge in [0, 0.05) is 6.20 Å². The fourth-order valence-electron chi connectivity index (χ4n) is 1.86. The molecule has 14 heavy (non-hydrogen) atoms. The number of nitrogens with zero attached hydrogens (tertiary/aromatic N) is 2. The normalized spacial score (nSPS) is 18.3. The zero-order valence-corrected chi connectivity index (χ0v) is 7.90. The van der Waals surface area contributed by atoms with Gasteiger partial charge in [-0.25, -0.2) is 0 Å². The molecule has 0 bridgehead atoms. The van der Waals surface area contributed by atoms with Gasteiger partial charge in [0.2, 0.25) is 0 Å². The molecule has 3 heteroatoms. The second-order valence-electron chi connectivity index (χ2n) is 3.74. The number of hydrogen-bond acceptors (Lipinski definition) is 3. The van der Waals surface area contributed by atoms with E-state index in [2.05, 4.69) is 11.1 Å². The third kappa shape index (κ3) is 1.28. The van der Waals surface area contributed by atoms with Gasteiger partial charge in [-0.1, -0.05) is 0 Å². The second kappa shape index (κ2) is 3.39. The molecule has 2 rings (SSSR count). The van der Waals surface area contributed by atoms with Crippen LogP contribution >= 0.6 is 0 Å². The first kappa shape index (κ1) is 9.17. The second-order valence-corrected chi connectivity index (χ2v) is 3.74. The van der Waals surface area contributed by atoms with Crippen LogP contribution in [-0.2, 0) is 12.0 Å². The van der Waals surface area contributed by atoms with Gasteiger partial charge in [-0.2, -0.15) is 5.26 Å². The summed E-state index contributed by atoms with van der Waals surface area (Å²) in [6.07, 6.45) is 4.64. The summed E-state index contributed by atoms with van der Waals surface area (Å²) in [5, 5.41) is 18.1. The maximum Gasteiger partial charge on any atom is 0.0853 e. The first-order valence-electron chi connectivity index (χ1n) is 4.78. The lowest BCUT2D eigenvalue weighted by Gasteiger charge is -2.35. The monoisotopic (exact) mass is 188 g/mol. The minimum atomic E-state index is -0.299. The summed E-state index contributed by atoms with van der Waals surface area (Å²) in [7, 11) is 0. The minimum absolute atomic E-state index is 0.0602. The Kier molecular flexibility index (Phi) is 2.22. The molecule has 0 unspecified atom stereocenters. The summed E-state index contributed by atoms with van der Waals surface area (Å²) < 4.78 is 0. The van der Waals surface area contributed by atoms with E-state index in [4.69, 9.17) is 10.4 Å². The van der Waals surface area contributed by atoms with Crippen LogP contribution in [0.3, 0.4) is 0 Å². The number of aliphatic hydroxyl groups excluding tert-OH is 1. The minimum Gasteiger partial charge on any atom is -0.390 e. The van der Waals surface area contributed by atoms with Gasteiger partial charge in [0.05, 0.1) is 23.8 Å². The van der Waals surface area contributed by atoms with E-state index in [1.165, 1.54) is 0 Å². The Bertz CT molecular complexity index is 377. The van der Waals surface area contributed by atoms with Gasteiger partial charge < -0.3 is 5.11 Å². The summed E-state index contributed by atoms with van der Waals surface area (Å²) >= 11 is 0. The van der Waals surface area contributed by atoms with Crippen molar-refractivity contribution in [2.45, 2.75) is 31.3 Å². The van der Waals surface area contributed by atoms with Crippen LogP contribution < -0.4 is 0 Å². The Morgan fingerprint density at radius 2 is 2.36 bits per heavy atom. The molecule has 0 aromatic carbocycles. The number of pyridine rings is 1. The molecule has 3 nitrogen and oxygen atoms in total. The third-order valence-corrected chi connectivity index (χ3v) is 2.95. The Balaban J connectivity index is 2.36. The van der Waals surface area contributed by atoms with E-state index in [9.17, 15) is 0 Å². The Morgan fingerprint density at radius 3 is 2.86 bits per heavy atom. The molecule has 1 aliphatic rings. The van der Waals surface area contributed by atoms with Gasteiger partial charge in [0.1, 0.15) is 0 Å². The molecule has 1 aromatic heterocycles. The van der Waals surface area contributed by atoms with Crippen LogP contribution in [0.4, 0.5) is 0 Å². The van der Waals surface area contributed by atoms with Crippen molar-refractivity contribution in [3.05, 3.63) is 29.6 Å². The summed E-state index contributed by atoms with van der Waals surface area (Å²) in [4.78, 5) is 4.00. The van der Waals surface area contributed by atoms with Crippen molar-refractivity contribution in [3.8, 4) is 6.07 Å². The first-order valence-corrected chi connectivity index (χ1v) is 4.78. The van der Waals surface area contributed by atoms with Crippen LogP contribution in [0.5, 0.6) is 0 Å². The third-order valence-electron chi connectivity index (χ3n) is 2.95. The number of hydrogen-bond donors (Lipinski definition) is 1. The topological polar surface area (TPSA) is 56.9 Å². The Hall–Kier alpha value is -1.40. The molecule has 0 amide bonds. The number of aromatic nitrogens is 1. The van der Waals surface area contributed by atoms with Gasteiger partial charge >= 0.3 is 0 Å². The largest absolute Gasteiger partial charge is 0.390 e. The molecule has 0 radical (unpaired) electrons. The summed E-state index contributed by atoms with van der Waals surface area (Å²) in [5.74, 6) is 0. The highest BCUT2D eigenvalue weighted by molar-refractivity contribution is 5.35. The lowest BCUT2D eigenvalue weighted by molar-refractivity contribution is 0.275. The Morgan fingerprint density at radius 1 is 1.57 bits per heavy atom. The molecule has 1 aromatic rings. The van der Waals surface area contributed by atoms with Crippen LogP contribution in [0, 0.1) is 11.3 Å². The Labute approximate surface area is 83.0 Å². The zero-order chi connectivity index (χ0) is 10.0. The lowest BCUT2D eigenvalue weighted by Crippen LogP contribution is -2.32. The van der Waals surface area contributed by atoms with Crippen LogP contribution in [-0.4, -0.2) is 10.1 Å². The molecular weight excluding hydrogens is 176 g/mol. The number of nitriles is 1. The van der Waals surface area contributed by atoms with Gasteiger partial charge in [0.25, 0.3) is 0 Å². The smallest absolute Gasteiger partial charge is 0.0853 e. The van der Waals surface area contributed by atoms with Crippen molar-refractivity contribution < 1.29 is 5.11 Å². The molecule has 72 valence electrons. The molecule has 0 aliphatic heterocycles. The maximum atomic E-state index is 9.12. The zero-order valence-electron chi connectivity index (χ0n) is 7.90. The molecule has 0 spiro atoms. The van der Waals surface area contributed by atoms with Crippen LogP contribution in [0.25, 0.3) is 0 Å². The highest BCUT2D eigenvalue weighted by Crippen LogP contribution is 2.42.